The number of nitrogens with one attached hydrogen (secondary N) is 1. The Morgan fingerprint density at radius 2 is 1.95 bits per heavy atom. The van der Waals surface area contributed by atoms with E-state index in [4.69, 9.17) is 5.26 Å². The van der Waals surface area contributed by atoms with E-state index in [2.05, 4.69) is 16.5 Å². The van der Waals surface area contributed by atoms with E-state index in [1.54, 1.807) is 6.20 Å². The molecular formula is C15H18N4. The normalized spacial score (nSPS) is 11.1. The molecule has 0 fully saturated rings. The van der Waals surface area contributed by atoms with Crippen molar-refractivity contribution in [2.24, 2.45) is 7.05 Å². The van der Waals surface area contributed by atoms with Crippen molar-refractivity contribution in [3.8, 4) is 6.07 Å². The summed E-state index contributed by atoms with van der Waals surface area (Å²) in [5, 5.41) is 16.6. The molecule has 0 aliphatic rings. The predicted octanol–water partition coefficient (Wildman–Crippen LogP) is 2.83. The van der Waals surface area contributed by atoms with Gasteiger partial charge in [-0.3, -0.25) is 4.68 Å². The second kappa shape index (κ2) is 5.15. The Morgan fingerprint density at radius 3 is 2.47 bits per heavy atom. The zero-order valence-corrected chi connectivity index (χ0v) is 11.5. The molecule has 0 unspecified atom stereocenters. The molecule has 98 valence electrons. The van der Waals surface area contributed by atoms with E-state index in [0.29, 0.717) is 0 Å². The maximum atomic E-state index is 9.10. The number of aryl methyl sites for hydroxylation is 1. The van der Waals surface area contributed by atoms with Crippen LogP contribution in [0.5, 0.6) is 0 Å². The average Bonchev–Trinajstić information content (AvgIpc) is 2.82. The van der Waals surface area contributed by atoms with Crippen LogP contribution in [0, 0.1) is 11.3 Å². The van der Waals surface area contributed by atoms with Crippen molar-refractivity contribution in [1.29, 1.82) is 5.26 Å². The average molecular weight is 254 g/mol. The molecule has 0 atom stereocenters. The Balaban J connectivity index is 2.04. The number of rotatable bonds is 4. The van der Waals surface area contributed by atoms with Crippen LogP contribution in [-0.2, 0) is 19.0 Å². The molecule has 1 aromatic heterocycles. The van der Waals surface area contributed by atoms with Crippen molar-refractivity contribution in [3.63, 3.8) is 0 Å². The lowest BCUT2D eigenvalue weighted by molar-refractivity contribution is 0.687. The molecule has 0 aliphatic heterocycles. The predicted molar refractivity (Wildman–Crippen MR) is 75.6 cm³/mol. The fraction of sp³-hybridized carbons (Fsp3) is 0.333. The summed E-state index contributed by atoms with van der Waals surface area (Å²) in [6.07, 6.45) is 1.79. The van der Waals surface area contributed by atoms with Gasteiger partial charge in [-0.2, -0.15) is 10.4 Å². The van der Waals surface area contributed by atoms with E-state index in [-0.39, 0.29) is 0 Å². The van der Waals surface area contributed by atoms with Gasteiger partial charge < -0.3 is 5.32 Å². The molecule has 1 aromatic carbocycles. The lowest BCUT2D eigenvalue weighted by atomic mass is 9.86. The number of hydrogen-bond donors (Lipinski definition) is 1. The van der Waals surface area contributed by atoms with Crippen LogP contribution in [0.15, 0.2) is 36.5 Å². The van der Waals surface area contributed by atoms with Crippen LogP contribution >= 0.6 is 0 Å². The van der Waals surface area contributed by atoms with E-state index in [0.717, 1.165) is 23.5 Å². The zero-order chi connectivity index (χ0) is 13.9. The molecule has 0 saturated carbocycles. The van der Waals surface area contributed by atoms with Crippen LogP contribution in [0.4, 0.5) is 5.69 Å². The van der Waals surface area contributed by atoms with Gasteiger partial charge in [0.05, 0.1) is 23.7 Å². The lowest BCUT2D eigenvalue weighted by Crippen LogP contribution is -2.13. The monoisotopic (exact) mass is 254 g/mol. The second-order valence-corrected chi connectivity index (χ2v) is 5.11. The van der Waals surface area contributed by atoms with Crippen molar-refractivity contribution in [2.75, 3.05) is 5.32 Å². The van der Waals surface area contributed by atoms with Gasteiger partial charge in [0.2, 0.25) is 0 Å². The minimum Gasteiger partial charge on any atom is -0.379 e. The molecule has 0 amide bonds. The highest BCUT2D eigenvalue weighted by Crippen LogP contribution is 2.23. The molecule has 0 radical (unpaired) electrons. The molecule has 1 N–H and O–H groups in total. The SMILES string of the molecule is Cn1nccc1CNc1ccc(C(C)(C)C#N)cc1. The minimum atomic E-state index is -0.444. The van der Waals surface area contributed by atoms with Crippen molar-refractivity contribution < 1.29 is 0 Å². The molecular weight excluding hydrogens is 236 g/mol. The summed E-state index contributed by atoms with van der Waals surface area (Å²) in [4.78, 5) is 0. The van der Waals surface area contributed by atoms with Crippen LogP contribution in [0.3, 0.4) is 0 Å². The van der Waals surface area contributed by atoms with Crippen molar-refractivity contribution in [2.45, 2.75) is 25.8 Å². The van der Waals surface area contributed by atoms with Gasteiger partial charge in [-0.25, -0.2) is 0 Å². The van der Waals surface area contributed by atoms with Gasteiger partial charge in [-0.1, -0.05) is 12.1 Å². The number of aromatic nitrogens is 2. The van der Waals surface area contributed by atoms with Gasteiger partial charge in [-0.15, -0.1) is 0 Å². The topological polar surface area (TPSA) is 53.6 Å². The highest BCUT2D eigenvalue weighted by molar-refractivity contribution is 5.47. The van der Waals surface area contributed by atoms with Gasteiger partial charge in [0, 0.05) is 18.9 Å². The van der Waals surface area contributed by atoms with Crippen molar-refractivity contribution in [1.82, 2.24) is 9.78 Å². The first-order valence-electron chi connectivity index (χ1n) is 6.25. The molecule has 0 aliphatic carbocycles. The number of nitrogens with zero attached hydrogens (tertiary/aromatic N) is 3. The molecule has 1 heterocycles. The highest BCUT2D eigenvalue weighted by atomic mass is 15.3. The van der Waals surface area contributed by atoms with Gasteiger partial charge >= 0.3 is 0 Å². The molecule has 19 heavy (non-hydrogen) atoms. The molecule has 0 bridgehead atoms. The minimum absolute atomic E-state index is 0.444. The first kappa shape index (κ1) is 13.2. The van der Waals surface area contributed by atoms with Crippen molar-refractivity contribution in [3.05, 3.63) is 47.8 Å². The number of nitriles is 1. The van der Waals surface area contributed by atoms with E-state index < -0.39 is 5.41 Å². The maximum absolute atomic E-state index is 9.10. The van der Waals surface area contributed by atoms with E-state index in [1.807, 2.05) is 55.9 Å². The smallest absolute Gasteiger partial charge is 0.0766 e. The van der Waals surface area contributed by atoms with Gasteiger partial charge in [0.15, 0.2) is 0 Å². The third-order valence-electron chi connectivity index (χ3n) is 3.28. The number of hydrogen-bond acceptors (Lipinski definition) is 3. The fourth-order valence-corrected chi connectivity index (χ4v) is 1.84. The molecule has 4 nitrogen and oxygen atoms in total. The summed E-state index contributed by atoms with van der Waals surface area (Å²) in [6, 6.07) is 12.3. The van der Waals surface area contributed by atoms with Crippen LogP contribution in [0.2, 0.25) is 0 Å². The van der Waals surface area contributed by atoms with Gasteiger partial charge in [0.1, 0.15) is 0 Å². The summed E-state index contributed by atoms with van der Waals surface area (Å²) in [7, 11) is 1.93. The third kappa shape index (κ3) is 2.94. The highest BCUT2D eigenvalue weighted by Gasteiger charge is 2.18. The van der Waals surface area contributed by atoms with E-state index in [9.17, 15) is 0 Å². The van der Waals surface area contributed by atoms with Crippen molar-refractivity contribution >= 4 is 5.69 Å². The fourth-order valence-electron chi connectivity index (χ4n) is 1.84. The summed E-state index contributed by atoms with van der Waals surface area (Å²) in [6.45, 7) is 4.58. The summed E-state index contributed by atoms with van der Waals surface area (Å²) < 4.78 is 1.85. The Morgan fingerprint density at radius 1 is 1.26 bits per heavy atom. The Kier molecular flexibility index (Phi) is 3.57. The van der Waals surface area contributed by atoms with Crippen LogP contribution in [0.1, 0.15) is 25.1 Å². The maximum Gasteiger partial charge on any atom is 0.0766 e. The Bertz CT molecular complexity index is 587. The zero-order valence-electron chi connectivity index (χ0n) is 11.5. The van der Waals surface area contributed by atoms with Crippen LogP contribution in [0.25, 0.3) is 0 Å². The Hall–Kier alpha value is -2.28. The van der Waals surface area contributed by atoms with E-state index >= 15 is 0 Å². The number of benzene rings is 1. The molecule has 2 rings (SSSR count). The third-order valence-corrected chi connectivity index (χ3v) is 3.28. The Labute approximate surface area is 113 Å². The standard InChI is InChI=1S/C15H18N4/c1-15(2,11-16)12-4-6-13(7-5-12)17-10-14-8-9-18-19(14)3/h4-9,17H,10H2,1-3H3. The second-order valence-electron chi connectivity index (χ2n) is 5.11. The van der Waals surface area contributed by atoms with Gasteiger partial charge in [-0.05, 0) is 37.6 Å². The summed E-state index contributed by atoms with van der Waals surface area (Å²) >= 11 is 0. The molecule has 4 heteroatoms. The summed E-state index contributed by atoms with van der Waals surface area (Å²) in [5.41, 5.74) is 2.75. The first-order chi connectivity index (χ1) is 9.03. The molecule has 0 spiro atoms. The van der Waals surface area contributed by atoms with Gasteiger partial charge in [0.25, 0.3) is 0 Å². The van der Waals surface area contributed by atoms with Crippen LogP contribution in [-0.4, -0.2) is 9.78 Å². The summed E-state index contributed by atoms with van der Waals surface area (Å²) in [5.74, 6) is 0. The largest absolute Gasteiger partial charge is 0.379 e. The van der Waals surface area contributed by atoms with Crippen LogP contribution < -0.4 is 5.32 Å². The molecule has 0 saturated heterocycles. The lowest BCUT2D eigenvalue weighted by Gasteiger charge is -2.16. The van der Waals surface area contributed by atoms with E-state index in [1.165, 1.54) is 0 Å². The first-order valence-corrected chi connectivity index (χ1v) is 6.25. The molecule has 2 aromatic rings. The number of anilines is 1. The quantitative estimate of drug-likeness (QED) is 0.912.